The molecule has 0 fully saturated rings. The minimum absolute atomic E-state index is 0.103. The van der Waals surface area contributed by atoms with E-state index in [1.54, 1.807) is 0 Å². The van der Waals surface area contributed by atoms with Crippen LogP contribution in [-0.4, -0.2) is 30.2 Å². The number of hydrogen-bond donors (Lipinski definition) is 3. The maximum atomic E-state index is 11.4. The maximum Gasteiger partial charge on any atom is 0.224 e. The number of rotatable bonds is 5. The average molecular weight is 208 g/mol. The summed E-state index contributed by atoms with van der Waals surface area (Å²) in [5, 5.41) is 11.7. The van der Waals surface area contributed by atoms with Gasteiger partial charge in [-0.25, -0.2) is 0 Å². The van der Waals surface area contributed by atoms with Crippen LogP contribution in [0.15, 0.2) is 30.3 Å². The number of aliphatic hydroxyl groups excluding tert-OH is 1. The van der Waals surface area contributed by atoms with E-state index in [4.69, 9.17) is 10.8 Å². The quantitative estimate of drug-likeness (QED) is 0.620. The van der Waals surface area contributed by atoms with Crippen molar-refractivity contribution in [3.05, 3.63) is 35.9 Å². The Morgan fingerprint density at radius 2 is 2.07 bits per heavy atom. The molecular formula is C11H16N2O2. The van der Waals surface area contributed by atoms with E-state index in [1.807, 2.05) is 30.3 Å². The van der Waals surface area contributed by atoms with Crippen LogP contribution in [0.4, 0.5) is 0 Å². The lowest BCUT2D eigenvalue weighted by atomic mass is 10.1. The molecule has 0 heterocycles. The molecule has 1 aromatic carbocycles. The van der Waals surface area contributed by atoms with Gasteiger partial charge in [0, 0.05) is 13.1 Å². The summed E-state index contributed by atoms with van der Waals surface area (Å²) in [4.78, 5) is 11.4. The van der Waals surface area contributed by atoms with E-state index < -0.39 is 6.10 Å². The summed E-state index contributed by atoms with van der Waals surface area (Å²) in [5.41, 5.74) is 6.17. The van der Waals surface area contributed by atoms with Gasteiger partial charge in [0.2, 0.25) is 5.91 Å². The third-order valence-corrected chi connectivity index (χ3v) is 2.01. The normalized spacial score (nSPS) is 12.1. The molecule has 0 bridgehead atoms. The molecule has 1 atom stereocenters. The van der Waals surface area contributed by atoms with Gasteiger partial charge in [-0.05, 0) is 5.56 Å². The van der Waals surface area contributed by atoms with Crippen molar-refractivity contribution in [3.63, 3.8) is 0 Å². The molecule has 0 saturated heterocycles. The average Bonchev–Trinajstić information content (AvgIpc) is 2.27. The van der Waals surface area contributed by atoms with E-state index in [0.29, 0.717) is 6.42 Å². The molecule has 0 aliphatic rings. The molecule has 0 aliphatic carbocycles. The summed E-state index contributed by atoms with van der Waals surface area (Å²) < 4.78 is 0. The molecule has 4 nitrogen and oxygen atoms in total. The van der Waals surface area contributed by atoms with E-state index in [0.717, 1.165) is 5.56 Å². The number of amides is 1. The summed E-state index contributed by atoms with van der Waals surface area (Å²) in [6.45, 7) is 0.369. The lowest BCUT2D eigenvalue weighted by Crippen LogP contribution is -2.36. The first-order valence-electron chi connectivity index (χ1n) is 4.91. The van der Waals surface area contributed by atoms with Gasteiger partial charge in [0.25, 0.3) is 0 Å². The van der Waals surface area contributed by atoms with Gasteiger partial charge in [0.1, 0.15) is 0 Å². The maximum absolute atomic E-state index is 11.4. The highest BCUT2D eigenvalue weighted by atomic mass is 16.3. The first-order chi connectivity index (χ1) is 7.22. The summed E-state index contributed by atoms with van der Waals surface area (Å²) >= 11 is 0. The van der Waals surface area contributed by atoms with Crippen LogP contribution >= 0.6 is 0 Å². The van der Waals surface area contributed by atoms with Crippen molar-refractivity contribution < 1.29 is 9.90 Å². The zero-order chi connectivity index (χ0) is 11.1. The standard InChI is InChI=1S/C11H16N2O2/c12-7-10(14)8-13-11(15)6-9-4-2-1-3-5-9/h1-5,10,14H,6-8,12H2,(H,13,15)/t10-/m1/s1. The third-order valence-electron chi connectivity index (χ3n) is 2.01. The van der Waals surface area contributed by atoms with E-state index in [2.05, 4.69) is 5.32 Å². The third kappa shape index (κ3) is 4.58. The topological polar surface area (TPSA) is 75.3 Å². The molecular weight excluding hydrogens is 192 g/mol. The van der Waals surface area contributed by atoms with Crippen LogP contribution in [0.25, 0.3) is 0 Å². The highest BCUT2D eigenvalue weighted by molar-refractivity contribution is 5.78. The number of nitrogens with two attached hydrogens (primary N) is 1. The van der Waals surface area contributed by atoms with Crippen molar-refractivity contribution in [2.45, 2.75) is 12.5 Å². The molecule has 0 unspecified atom stereocenters. The van der Waals surface area contributed by atoms with Crippen molar-refractivity contribution in [2.75, 3.05) is 13.1 Å². The molecule has 0 spiro atoms. The summed E-state index contributed by atoms with van der Waals surface area (Å²) in [6, 6.07) is 9.45. The van der Waals surface area contributed by atoms with Gasteiger partial charge in [-0.1, -0.05) is 30.3 Å². The summed E-state index contributed by atoms with van der Waals surface area (Å²) in [7, 11) is 0. The van der Waals surface area contributed by atoms with Crippen molar-refractivity contribution in [2.24, 2.45) is 5.73 Å². The molecule has 0 radical (unpaired) electrons. The monoisotopic (exact) mass is 208 g/mol. The van der Waals surface area contributed by atoms with E-state index in [1.165, 1.54) is 0 Å². The van der Waals surface area contributed by atoms with E-state index >= 15 is 0 Å². The first-order valence-corrected chi connectivity index (χ1v) is 4.91. The fraction of sp³-hybridized carbons (Fsp3) is 0.364. The highest BCUT2D eigenvalue weighted by Crippen LogP contribution is 1.98. The number of nitrogens with one attached hydrogen (secondary N) is 1. The van der Waals surface area contributed by atoms with Crippen LogP contribution in [0.2, 0.25) is 0 Å². The fourth-order valence-corrected chi connectivity index (χ4v) is 1.16. The van der Waals surface area contributed by atoms with E-state index in [-0.39, 0.29) is 19.0 Å². The van der Waals surface area contributed by atoms with Crippen molar-refractivity contribution >= 4 is 5.91 Å². The van der Waals surface area contributed by atoms with Crippen LogP contribution in [0.5, 0.6) is 0 Å². The number of hydrogen-bond acceptors (Lipinski definition) is 3. The predicted octanol–water partition coefficient (Wildman–Crippen LogP) is -0.335. The van der Waals surface area contributed by atoms with Gasteiger partial charge in [0.15, 0.2) is 0 Å². The molecule has 1 rings (SSSR count). The Bertz CT molecular complexity index is 301. The number of carbonyl (C=O) groups is 1. The van der Waals surface area contributed by atoms with Crippen molar-refractivity contribution in [1.29, 1.82) is 0 Å². The van der Waals surface area contributed by atoms with Gasteiger partial charge in [-0.15, -0.1) is 0 Å². The summed E-state index contributed by atoms with van der Waals surface area (Å²) in [6.07, 6.45) is -0.331. The van der Waals surface area contributed by atoms with Crippen LogP contribution in [0.1, 0.15) is 5.56 Å². The Kier molecular flexibility index (Phi) is 4.80. The largest absolute Gasteiger partial charge is 0.390 e. The number of aliphatic hydroxyl groups is 1. The number of benzene rings is 1. The Hall–Kier alpha value is -1.39. The molecule has 4 N–H and O–H groups in total. The Labute approximate surface area is 89.1 Å². The van der Waals surface area contributed by atoms with Gasteiger partial charge >= 0.3 is 0 Å². The molecule has 0 saturated carbocycles. The number of carbonyl (C=O) groups excluding carboxylic acids is 1. The second-order valence-electron chi connectivity index (χ2n) is 3.36. The van der Waals surface area contributed by atoms with Crippen molar-refractivity contribution in [3.8, 4) is 0 Å². The zero-order valence-corrected chi connectivity index (χ0v) is 8.52. The summed E-state index contributed by atoms with van der Waals surface area (Å²) in [5.74, 6) is -0.103. The molecule has 0 aliphatic heterocycles. The van der Waals surface area contributed by atoms with Gasteiger partial charge in [-0.2, -0.15) is 0 Å². The molecule has 1 amide bonds. The Morgan fingerprint density at radius 3 is 2.67 bits per heavy atom. The van der Waals surface area contributed by atoms with Crippen LogP contribution in [0, 0.1) is 0 Å². The minimum Gasteiger partial charge on any atom is -0.390 e. The lowest BCUT2D eigenvalue weighted by molar-refractivity contribution is -0.120. The molecule has 82 valence electrons. The van der Waals surface area contributed by atoms with Crippen LogP contribution < -0.4 is 11.1 Å². The fourth-order valence-electron chi connectivity index (χ4n) is 1.16. The van der Waals surface area contributed by atoms with E-state index in [9.17, 15) is 4.79 Å². The van der Waals surface area contributed by atoms with Gasteiger partial charge < -0.3 is 16.2 Å². The second kappa shape index (κ2) is 6.16. The predicted molar refractivity (Wildman–Crippen MR) is 58.2 cm³/mol. The van der Waals surface area contributed by atoms with Gasteiger partial charge in [0.05, 0.1) is 12.5 Å². The van der Waals surface area contributed by atoms with Crippen LogP contribution in [-0.2, 0) is 11.2 Å². The first kappa shape index (κ1) is 11.7. The lowest BCUT2D eigenvalue weighted by Gasteiger charge is -2.09. The second-order valence-corrected chi connectivity index (χ2v) is 3.36. The Balaban J connectivity index is 2.31. The Morgan fingerprint density at radius 1 is 1.40 bits per heavy atom. The minimum atomic E-state index is -0.662. The molecule has 1 aromatic rings. The molecule has 0 aromatic heterocycles. The zero-order valence-electron chi connectivity index (χ0n) is 8.52. The van der Waals surface area contributed by atoms with Crippen LogP contribution in [0.3, 0.4) is 0 Å². The SMILES string of the molecule is NC[C@@H](O)CNC(=O)Cc1ccccc1. The van der Waals surface area contributed by atoms with Gasteiger partial charge in [-0.3, -0.25) is 4.79 Å². The highest BCUT2D eigenvalue weighted by Gasteiger charge is 2.05. The molecule has 4 heteroatoms. The van der Waals surface area contributed by atoms with Crippen molar-refractivity contribution in [1.82, 2.24) is 5.32 Å². The smallest absolute Gasteiger partial charge is 0.224 e. The molecule has 15 heavy (non-hydrogen) atoms.